The standard InChI is InChI=1S/C17H31N3O2/c21-12-13-4-2-1-3-5-16(13)19-17(22)18-14-8-10-20(11-9-14)15-6-7-15/h13-16,21H,1-12H2,(H2,18,19,22). The lowest BCUT2D eigenvalue weighted by molar-refractivity contribution is 0.170. The lowest BCUT2D eigenvalue weighted by atomic mass is 9.96. The zero-order chi connectivity index (χ0) is 15.4. The van der Waals surface area contributed by atoms with E-state index in [0.29, 0.717) is 6.04 Å². The van der Waals surface area contributed by atoms with E-state index in [1.165, 1.54) is 25.7 Å². The average molecular weight is 309 g/mol. The molecule has 5 nitrogen and oxygen atoms in total. The molecular weight excluding hydrogens is 278 g/mol. The van der Waals surface area contributed by atoms with Crippen LogP contribution in [0.4, 0.5) is 4.79 Å². The molecule has 2 amide bonds. The van der Waals surface area contributed by atoms with E-state index in [1.54, 1.807) is 0 Å². The Hall–Kier alpha value is -0.810. The highest BCUT2D eigenvalue weighted by molar-refractivity contribution is 5.74. The minimum atomic E-state index is -0.0322. The predicted octanol–water partition coefficient (Wildman–Crippen LogP) is 1.85. The third-order valence-electron chi connectivity index (χ3n) is 5.64. The van der Waals surface area contributed by atoms with Gasteiger partial charge in [0.05, 0.1) is 0 Å². The second-order valence-electron chi connectivity index (χ2n) is 7.35. The van der Waals surface area contributed by atoms with Crippen LogP contribution in [0, 0.1) is 5.92 Å². The van der Waals surface area contributed by atoms with Gasteiger partial charge in [0.25, 0.3) is 0 Å². The fraction of sp³-hybridized carbons (Fsp3) is 0.941. The average Bonchev–Trinajstić information content (AvgIpc) is 3.35. The predicted molar refractivity (Wildman–Crippen MR) is 86.7 cm³/mol. The van der Waals surface area contributed by atoms with Crippen LogP contribution in [-0.2, 0) is 0 Å². The summed E-state index contributed by atoms with van der Waals surface area (Å²) in [6.07, 6.45) is 10.4. The second-order valence-corrected chi connectivity index (χ2v) is 7.35. The topological polar surface area (TPSA) is 64.6 Å². The van der Waals surface area contributed by atoms with Gasteiger partial charge in [-0.25, -0.2) is 4.79 Å². The molecule has 2 unspecified atom stereocenters. The molecule has 0 radical (unpaired) electrons. The van der Waals surface area contributed by atoms with Crippen LogP contribution in [0.25, 0.3) is 0 Å². The molecule has 0 bridgehead atoms. The molecule has 22 heavy (non-hydrogen) atoms. The highest BCUT2D eigenvalue weighted by atomic mass is 16.3. The fourth-order valence-electron chi connectivity index (χ4n) is 4.04. The van der Waals surface area contributed by atoms with Crippen LogP contribution >= 0.6 is 0 Å². The summed E-state index contributed by atoms with van der Waals surface area (Å²) >= 11 is 0. The first kappa shape index (κ1) is 16.1. The molecule has 2 saturated carbocycles. The third kappa shape index (κ3) is 4.35. The largest absolute Gasteiger partial charge is 0.396 e. The maximum atomic E-state index is 12.3. The number of hydrogen-bond donors (Lipinski definition) is 3. The van der Waals surface area contributed by atoms with E-state index in [4.69, 9.17) is 0 Å². The minimum absolute atomic E-state index is 0.0322. The van der Waals surface area contributed by atoms with E-state index in [9.17, 15) is 9.90 Å². The van der Waals surface area contributed by atoms with Gasteiger partial charge in [0, 0.05) is 43.7 Å². The van der Waals surface area contributed by atoms with Crippen molar-refractivity contribution in [2.45, 2.75) is 75.9 Å². The Morgan fingerprint density at radius 3 is 2.36 bits per heavy atom. The number of urea groups is 1. The van der Waals surface area contributed by atoms with Crippen molar-refractivity contribution in [2.75, 3.05) is 19.7 Å². The fourth-order valence-corrected chi connectivity index (χ4v) is 4.04. The van der Waals surface area contributed by atoms with Crippen molar-refractivity contribution in [2.24, 2.45) is 5.92 Å². The molecule has 3 aliphatic rings. The molecule has 2 atom stereocenters. The molecule has 3 fully saturated rings. The number of piperidine rings is 1. The van der Waals surface area contributed by atoms with Crippen LogP contribution in [0.2, 0.25) is 0 Å². The summed E-state index contributed by atoms with van der Waals surface area (Å²) in [6.45, 7) is 2.43. The van der Waals surface area contributed by atoms with Crippen molar-refractivity contribution in [1.82, 2.24) is 15.5 Å². The van der Waals surface area contributed by atoms with Gasteiger partial charge in [-0.15, -0.1) is 0 Å². The van der Waals surface area contributed by atoms with Crippen molar-refractivity contribution in [3.63, 3.8) is 0 Å². The number of rotatable bonds is 4. The Bertz CT molecular complexity index is 365. The van der Waals surface area contributed by atoms with E-state index in [-0.39, 0.29) is 24.6 Å². The Labute approximate surface area is 133 Å². The molecule has 1 aliphatic heterocycles. The molecule has 3 rings (SSSR count). The Morgan fingerprint density at radius 1 is 0.955 bits per heavy atom. The lowest BCUT2D eigenvalue weighted by Crippen LogP contribution is -2.51. The van der Waals surface area contributed by atoms with E-state index >= 15 is 0 Å². The molecule has 5 heteroatoms. The number of nitrogens with one attached hydrogen (secondary N) is 2. The summed E-state index contributed by atoms with van der Waals surface area (Å²) in [5.74, 6) is 0.227. The maximum absolute atomic E-state index is 12.3. The van der Waals surface area contributed by atoms with E-state index < -0.39 is 0 Å². The van der Waals surface area contributed by atoms with Crippen molar-refractivity contribution in [3.8, 4) is 0 Å². The quantitative estimate of drug-likeness (QED) is 0.695. The summed E-state index contributed by atoms with van der Waals surface area (Å²) in [6, 6.07) is 1.26. The van der Waals surface area contributed by atoms with E-state index in [2.05, 4.69) is 15.5 Å². The Kier molecular flexibility index (Phi) is 5.58. The van der Waals surface area contributed by atoms with Crippen LogP contribution < -0.4 is 10.6 Å². The smallest absolute Gasteiger partial charge is 0.315 e. The van der Waals surface area contributed by atoms with Crippen LogP contribution in [-0.4, -0.2) is 53.9 Å². The molecule has 0 aromatic rings. The Morgan fingerprint density at radius 2 is 1.68 bits per heavy atom. The Balaban J connectivity index is 1.41. The molecule has 0 spiro atoms. The summed E-state index contributed by atoms with van der Waals surface area (Å²) in [5, 5.41) is 15.8. The van der Waals surface area contributed by atoms with Crippen molar-refractivity contribution < 1.29 is 9.90 Å². The van der Waals surface area contributed by atoms with Gasteiger partial charge in [-0.1, -0.05) is 19.3 Å². The highest BCUT2D eigenvalue weighted by Gasteiger charge is 2.32. The number of likely N-dealkylation sites (tertiary alicyclic amines) is 1. The van der Waals surface area contributed by atoms with E-state index in [0.717, 1.165) is 51.2 Å². The number of aliphatic hydroxyl groups excluding tert-OH is 1. The first-order chi connectivity index (χ1) is 10.8. The summed E-state index contributed by atoms with van der Waals surface area (Å²) < 4.78 is 0. The van der Waals surface area contributed by atoms with Crippen molar-refractivity contribution in [3.05, 3.63) is 0 Å². The zero-order valence-electron chi connectivity index (χ0n) is 13.6. The SMILES string of the molecule is O=C(NC1CCN(C2CC2)CC1)NC1CCCCCC1CO. The van der Waals surface area contributed by atoms with Gasteiger partial charge in [-0.05, 0) is 38.5 Å². The third-order valence-corrected chi connectivity index (χ3v) is 5.64. The van der Waals surface area contributed by atoms with Crippen molar-refractivity contribution >= 4 is 6.03 Å². The van der Waals surface area contributed by atoms with Gasteiger partial charge in [0.1, 0.15) is 0 Å². The van der Waals surface area contributed by atoms with Crippen molar-refractivity contribution in [1.29, 1.82) is 0 Å². The summed E-state index contributed by atoms with van der Waals surface area (Å²) in [4.78, 5) is 14.8. The molecule has 0 aromatic heterocycles. The van der Waals surface area contributed by atoms with Gasteiger partial charge >= 0.3 is 6.03 Å². The molecule has 0 aromatic carbocycles. The van der Waals surface area contributed by atoms with Crippen LogP contribution in [0.15, 0.2) is 0 Å². The second kappa shape index (κ2) is 7.64. The number of carbonyl (C=O) groups excluding carboxylic acids is 1. The van der Waals surface area contributed by atoms with Gasteiger partial charge in [0.2, 0.25) is 0 Å². The van der Waals surface area contributed by atoms with E-state index in [1.807, 2.05) is 0 Å². The first-order valence-electron chi connectivity index (χ1n) is 9.18. The van der Waals surface area contributed by atoms with Crippen LogP contribution in [0.5, 0.6) is 0 Å². The zero-order valence-corrected chi connectivity index (χ0v) is 13.6. The van der Waals surface area contributed by atoms with Gasteiger partial charge in [-0.3, -0.25) is 0 Å². The summed E-state index contributed by atoms with van der Waals surface area (Å²) in [7, 11) is 0. The molecule has 1 saturated heterocycles. The normalized spacial score (nSPS) is 31.5. The molecular formula is C17H31N3O2. The van der Waals surface area contributed by atoms with Crippen LogP contribution in [0.3, 0.4) is 0 Å². The summed E-state index contributed by atoms with van der Waals surface area (Å²) in [5.41, 5.74) is 0. The van der Waals surface area contributed by atoms with Gasteiger partial charge in [-0.2, -0.15) is 0 Å². The molecule has 1 heterocycles. The molecule has 3 N–H and O–H groups in total. The van der Waals surface area contributed by atoms with Gasteiger partial charge in [0.15, 0.2) is 0 Å². The number of hydrogen-bond acceptors (Lipinski definition) is 3. The molecule has 2 aliphatic carbocycles. The highest BCUT2D eigenvalue weighted by Crippen LogP contribution is 2.29. The maximum Gasteiger partial charge on any atom is 0.315 e. The van der Waals surface area contributed by atoms with Gasteiger partial charge < -0.3 is 20.6 Å². The number of aliphatic hydroxyl groups is 1. The number of nitrogens with zero attached hydrogens (tertiary/aromatic N) is 1. The minimum Gasteiger partial charge on any atom is -0.396 e. The number of amides is 2. The molecule has 126 valence electrons. The first-order valence-corrected chi connectivity index (χ1v) is 9.18. The number of carbonyl (C=O) groups is 1. The lowest BCUT2D eigenvalue weighted by Gasteiger charge is -2.33. The monoisotopic (exact) mass is 309 g/mol. The van der Waals surface area contributed by atoms with Crippen LogP contribution in [0.1, 0.15) is 57.8 Å².